The van der Waals surface area contributed by atoms with Crippen molar-refractivity contribution in [2.75, 3.05) is 18.2 Å². The molecule has 0 unspecified atom stereocenters. The van der Waals surface area contributed by atoms with Gasteiger partial charge in [-0.25, -0.2) is 14.8 Å². The Balaban J connectivity index is 2.21. The number of carbonyl (C=O) groups is 1. The van der Waals surface area contributed by atoms with Crippen molar-refractivity contribution in [3.8, 4) is 0 Å². The van der Waals surface area contributed by atoms with Crippen LogP contribution >= 0.6 is 0 Å². The van der Waals surface area contributed by atoms with Gasteiger partial charge < -0.3 is 15.8 Å². The van der Waals surface area contributed by atoms with Gasteiger partial charge in [0.15, 0.2) is 0 Å². The molecule has 2 aromatic heterocycles. The number of hydrogen-bond donors (Lipinski definition) is 2. The molecule has 0 aliphatic heterocycles. The SMILES string of the molecule is COC(=O)c1cnc(NCc2ccc(N)nc2)c([N+](=O)[O-])c1. The number of carbonyl (C=O) groups excluding carboxylic acids is 1. The topological polar surface area (TPSA) is 133 Å². The number of nitrogens with one attached hydrogen (secondary N) is 1. The van der Waals surface area contributed by atoms with Crippen LogP contribution in [0.5, 0.6) is 0 Å². The van der Waals surface area contributed by atoms with Crippen LogP contribution in [0.2, 0.25) is 0 Å². The van der Waals surface area contributed by atoms with Crippen molar-refractivity contribution in [1.82, 2.24) is 9.97 Å². The van der Waals surface area contributed by atoms with Crippen molar-refractivity contribution in [1.29, 1.82) is 0 Å². The molecule has 0 saturated heterocycles. The Morgan fingerprint density at radius 2 is 2.18 bits per heavy atom. The molecule has 0 bridgehead atoms. The lowest BCUT2D eigenvalue weighted by atomic mass is 10.2. The monoisotopic (exact) mass is 303 g/mol. The van der Waals surface area contributed by atoms with E-state index in [2.05, 4.69) is 20.0 Å². The zero-order valence-electron chi connectivity index (χ0n) is 11.6. The van der Waals surface area contributed by atoms with Crippen LogP contribution in [-0.4, -0.2) is 28.0 Å². The minimum absolute atomic E-state index is 0.00824. The molecule has 0 radical (unpaired) electrons. The summed E-state index contributed by atoms with van der Waals surface area (Å²) >= 11 is 0. The molecule has 3 N–H and O–H groups in total. The van der Waals surface area contributed by atoms with E-state index in [0.717, 1.165) is 11.6 Å². The number of pyridine rings is 2. The minimum atomic E-state index is -0.690. The van der Waals surface area contributed by atoms with E-state index in [9.17, 15) is 14.9 Å². The molecule has 2 heterocycles. The van der Waals surface area contributed by atoms with E-state index in [1.807, 2.05) is 0 Å². The van der Waals surface area contributed by atoms with Crippen LogP contribution in [-0.2, 0) is 11.3 Å². The fourth-order valence-corrected chi connectivity index (χ4v) is 1.68. The second kappa shape index (κ2) is 6.48. The molecule has 9 nitrogen and oxygen atoms in total. The molecule has 0 aromatic carbocycles. The van der Waals surface area contributed by atoms with Crippen LogP contribution < -0.4 is 11.1 Å². The third-order valence-electron chi connectivity index (χ3n) is 2.79. The third kappa shape index (κ3) is 3.45. The number of methoxy groups -OCH3 is 1. The van der Waals surface area contributed by atoms with Gasteiger partial charge in [0.2, 0.25) is 5.82 Å². The molecule has 22 heavy (non-hydrogen) atoms. The number of hydrogen-bond acceptors (Lipinski definition) is 8. The van der Waals surface area contributed by atoms with Crippen LogP contribution in [0.25, 0.3) is 0 Å². The zero-order chi connectivity index (χ0) is 16.1. The first kappa shape index (κ1) is 15.2. The third-order valence-corrected chi connectivity index (χ3v) is 2.79. The number of anilines is 2. The number of nitrogens with two attached hydrogens (primary N) is 1. The number of aromatic nitrogens is 2. The van der Waals surface area contributed by atoms with Gasteiger partial charge in [0.05, 0.1) is 17.6 Å². The quantitative estimate of drug-likeness (QED) is 0.480. The maximum absolute atomic E-state index is 11.4. The van der Waals surface area contributed by atoms with Crippen LogP contribution in [0.4, 0.5) is 17.3 Å². The maximum atomic E-state index is 11.4. The van der Waals surface area contributed by atoms with Crippen molar-refractivity contribution < 1.29 is 14.5 Å². The van der Waals surface area contributed by atoms with E-state index >= 15 is 0 Å². The van der Waals surface area contributed by atoms with Crippen LogP contribution in [0.3, 0.4) is 0 Å². The summed E-state index contributed by atoms with van der Waals surface area (Å²) in [6.07, 6.45) is 2.76. The van der Waals surface area contributed by atoms with Crippen molar-refractivity contribution in [2.45, 2.75) is 6.54 Å². The normalized spacial score (nSPS) is 10.0. The molecule has 0 atom stereocenters. The van der Waals surface area contributed by atoms with E-state index in [1.54, 1.807) is 18.3 Å². The summed E-state index contributed by atoms with van der Waals surface area (Å²) in [6.45, 7) is 0.276. The Morgan fingerprint density at radius 1 is 1.41 bits per heavy atom. The highest BCUT2D eigenvalue weighted by atomic mass is 16.6. The van der Waals surface area contributed by atoms with Crippen LogP contribution in [0.1, 0.15) is 15.9 Å². The first-order valence-corrected chi connectivity index (χ1v) is 6.18. The predicted molar refractivity (Wildman–Crippen MR) is 78.2 cm³/mol. The van der Waals surface area contributed by atoms with Gasteiger partial charge in [-0.1, -0.05) is 6.07 Å². The van der Waals surface area contributed by atoms with Crippen molar-refractivity contribution in [2.24, 2.45) is 0 Å². The summed E-state index contributed by atoms with van der Waals surface area (Å²) < 4.78 is 4.51. The highest BCUT2D eigenvalue weighted by Crippen LogP contribution is 2.23. The summed E-state index contributed by atoms with van der Waals surface area (Å²) in [6, 6.07) is 4.48. The van der Waals surface area contributed by atoms with Crippen molar-refractivity contribution in [3.63, 3.8) is 0 Å². The highest BCUT2D eigenvalue weighted by molar-refractivity contribution is 5.90. The molecule has 0 amide bonds. The molecule has 114 valence electrons. The minimum Gasteiger partial charge on any atom is -0.465 e. The summed E-state index contributed by atoms with van der Waals surface area (Å²) in [7, 11) is 1.19. The van der Waals surface area contributed by atoms with Crippen molar-refractivity contribution in [3.05, 3.63) is 51.8 Å². The van der Waals surface area contributed by atoms with E-state index in [0.29, 0.717) is 5.82 Å². The number of nitrogens with zero attached hydrogens (tertiary/aromatic N) is 3. The van der Waals surface area contributed by atoms with Gasteiger partial charge in [0.25, 0.3) is 0 Å². The van der Waals surface area contributed by atoms with E-state index in [4.69, 9.17) is 5.73 Å². The van der Waals surface area contributed by atoms with Crippen LogP contribution in [0, 0.1) is 10.1 Å². The molecule has 0 aliphatic rings. The summed E-state index contributed by atoms with van der Waals surface area (Å²) in [5, 5.41) is 13.9. The van der Waals surface area contributed by atoms with Gasteiger partial charge in [0, 0.05) is 25.0 Å². The Bertz CT molecular complexity index is 702. The average Bonchev–Trinajstić information content (AvgIpc) is 2.53. The predicted octanol–water partition coefficient (Wildman–Crippen LogP) is 1.37. The molecular formula is C13H13N5O4. The largest absolute Gasteiger partial charge is 0.465 e. The Hall–Kier alpha value is -3.23. The maximum Gasteiger partial charge on any atom is 0.339 e. The fraction of sp³-hybridized carbons (Fsp3) is 0.154. The van der Waals surface area contributed by atoms with E-state index in [1.165, 1.54) is 13.3 Å². The number of esters is 1. The van der Waals surface area contributed by atoms with Gasteiger partial charge in [-0.05, 0) is 11.6 Å². The lowest BCUT2D eigenvalue weighted by Gasteiger charge is -2.07. The first-order chi connectivity index (χ1) is 10.5. The lowest BCUT2D eigenvalue weighted by Crippen LogP contribution is -2.08. The zero-order valence-corrected chi connectivity index (χ0v) is 11.6. The molecule has 0 fully saturated rings. The summed E-state index contributed by atoms with van der Waals surface area (Å²) in [4.78, 5) is 29.7. The molecule has 0 aliphatic carbocycles. The smallest absolute Gasteiger partial charge is 0.339 e. The van der Waals surface area contributed by atoms with Gasteiger partial charge in [-0.3, -0.25) is 10.1 Å². The summed E-state index contributed by atoms with van der Waals surface area (Å²) in [5.74, 6) is -0.255. The molecule has 9 heteroatoms. The van der Waals surface area contributed by atoms with Gasteiger partial charge >= 0.3 is 11.7 Å². The molecule has 2 rings (SSSR count). The Labute approximate surface area is 125 Å². The fourth-order valence-electron chi connectivity index (χ4n) is 1.68. The second-order valence-electron chi connectivity index (χ2n) is 4.29. The second-order valence-corrected chi connectivity index (χ2v) is 4.29. The number of nitrogen functional groups attached to an aromatic ring is 1. The highest BCUT2D eigenvalue weighted by Gasteiger charge is 2.19. The van der Waals surface area contributed by atoms with Crippen LogP contribution in [0.15, 0.2) is 30.6 Å². The van der Waals surface area contributed by atoms with Gasteiger partial charge in [-0.2, -0.15) is 0 Å². The number of rotatable bonds is 5. The lowest BCUT2D eigenvalue weighted by molar-refractivity contribution is -0.384. The number of nitro groups is 1. The summed E-state index contributed by atoms with van der Waals surface area (Å²) in [5.41, 5.74) is 5.95. The Morgan fingerprint density at radius 3 is 2.77 bits per heavy atom. The van der Waals surface area contributed by atoms with E-state index in [-0.39, 0.29) is 23.6 Å². The van der Waals surface area contributed by atoms with E-state index < -0.39 is 10.9 Å². The molecule has 0 saturated carbocycles. The molecule has 0 spiro atoms. The van der Waals surface area contributed by atoms with Crippen molar-refractivity contribution >= 4 is 23.3 Å². The molecule has 2 aromatic rings. The van der Waals surface area contributed by atoms with Gasteiger partial charge in [0.1, 0.15) is 5.82 Å². The average molecular weight is 303 g/mol. The molecular weight excluding hydrogens is 290 g/mol. The first-order valence-electron chi connectivity index (χ1n) is 6.18. The number of ether oxygens (including phenoxy) is 1. The Kier molecular flexibility index (Phi) is 4.47. The standard InChI is InChI=1S/C13H13N5O4/c1-22-13(19)9-4-10(18(20)21)12(17-7-9)16-6-8-2-3-11(14)15-5-8/h2-5,7H,6H2,1H3,(H2,14,15)(H,16,17). The van der Waals surface area contributed by atoms with Gasteiger partial charge in [-0.15, -0.1) is 0 Å².